The first-order valence-corrected chi connectivity index (χ1v) is 8.90. The molecule has 0 aliphatic carbocycles. The highest BCUT2D eigenvalue weighted by Gasteiger charge is 2.37. The van der Waals surface area contributed by atoms with Gasteiger partial charge < -0.3 is 19.8 Å². The number of aliphatic hydroxyl groups excluding tert-OH is 1. The van der Waals surface area contributed by atoms with E-state index >= 15 is 0 Å². The fourth-order valence-corrected chi connectivity index (χ4v) is 3.19. The van der Waals surface area contributed by atoms with E-state index in [0.29, 0.717) is 18.5 Å². The molecule has 1 heterocycles. The number of likely N-dealkylation sites (tertiary alicyclic amines) is 1. The highest BCUT2D eigenvalue weighted by molar-refractivity contribution is 5.95. The molecule has 0 spiro atoms. The first-order chi connectivity index (χ1) is 12.4. The number of nitrogens with zero attached hydrogens (tertiary/aromatic N) is 1. The lowest BCUT2D eigenvalue weighted by Gasteiger charge is -2.21. The van der Waals surface area contributed by atoms with E-state index in [9.17, 15) is 15.0 Å². The lowest BCUT2D eigenvalue weighted by molar-refractivity contribution is -0.00455. The minimum absolute atomic E-state index is 0.0959. The van der Waals surface area contributed by atoms with Crippen molar-refractivity contribution in [2.45, 2.75) is 32.0 Å². The van der Waals surface area contributed by atoms with Gasteiger partial charge in [-0.1, -0.05) is 24.3 Å². The number of ether oxygens (including phenoxy) is 1. The molecule has 1 saturated heterocycles. The number of hydrogen-bond donors (Lipinski definition) is 2. The van der Waals surface area contributed by atoms with E-state index in [1.165, 1.54) is 0 Å². The number of rotatable bonds is 5. The van der Waals surface area contributed by atoms with Gasteiger partial charge in [-0.25, -0.2) is 0 Å². The second kappa shape index (κ2) is 7.48. The third-order valence-corrected chi connectivity index (χ3v) is 4.56. The van der Waals surface area contributed by atoms with Crippen LogP contribution in [-0.4, -0.2) is 52.4 Å². The average molecular weight is 355 g/mol. The van der Waals surface area contributed by atoms with Crippen LogP contribution in [-0.2, 0) is 0 Å². The van der Waals surface area contributed by atoms with Crippen molar-refractivity contribution in [1.29, 1.82) is 0 Å². The maximum atomic E-state index is 12.8. The van der Waals surface area contributed by atoms with Crippen LogP contribution in [0.3, 0.4) is 0 Å². The number of aliphatic hydroxyl groups is 2. The Hall–Kier alpha value is -2.37. The Morgan fingerprint density at radius 2 is 1.88 bits per heavy atom. The molecule has 2 aromatic carbocycles. The summed E-state index contributed by atoms with van der Waals surface area (Å²) in [6.07, 6.45) is 0.488. The van der Waals surface area contributed by atoms with Crippen LogP contribution in [0.5, 0.6) is 5.75 Å². The van der Waals surface area contributed by atoms with Gasteiger partial charge in [-0.2, -0.15) is 0 Å². The number of carbonyl (C=O) groups excluding carboxylic acids is 1. The molecule has 0 radical (unpaired) electrons. The molecule has 3 rings (SSSR count). The van der Waals surface area contributed by atoms with Gasteiger partial charge in [0.15, 0.2) is 0 Å². The summed E-state index contributed by atoms with van der Waals surface area (Å²) in [7, 11) is 0. The normalized spacial score (nSPS) is 19.8. The van der Waals surface area contributed by atoms with E-state index < -0.39 is 5.60 Å². The molecule has 26 heavy (non-hydrogen) atoms. The van der Waals surface area contributed by atoms with E-state index in [2.05, 4.69) is 0 Å². The van der Waals surface area contributed by atoms with Gasteiger partial charge in [0.1, 0.15) is 11.4 Å². The van der Waals surface area contributed by atoms with Gasteiger partial charge in [-0.3, -0.25) is 4.79 Å². The van der Waals surface area contributed by atoms with Gasteiger partial charge in [0.05, 0.1) is 19.3 Å². The SMILES string of the molecule is CC(C)Oc1cccc(-c2cccc(C(=O)N3CCC(O)(CO)C3)c2)c1. The largest absolute Gasteiger partial charge is 0.491 e. The quantitative estimate of drug-likeness (QED) is 0.865. The minimum Gasteiger partial charge on any atom is -0.491 e. The van der Waals surface area contributed by atoms with Crippen LogP contribution in [0.15, 0.2) is 48.5 Å². The average Bonchev–Trinajstić information content (AvgIpc) is 3.04. The second-order valence-electron chi connectivity index (χ2n) is 7.13. The van der Waals surface area contributed by atoms with Crippen LogP contribution in [0, 0.1) is 0 Å². The molecule has 2 N–H and O–H groups in total. The van der Waals surface area contributed by atoms with E-state index in [4.69, 9.17) is 4.74 Å². The van der Waals surface area contributed by atoms with Crippen molar-refractivity contribution in [3.05, 3.63) is 54.1 Å². The first kappa shape index (κ1) is 18.4. The van der Waals surface area contributed by atoms with Gasteiger partial charge in [-0.05, 0) is 55.7 Å². The molecular formula is C21H25NO4. The Morgan fingerprint density at radius 1 is 1.19 bits per heavy atom. The third kappa shape index (κ3) is 4.06. The van der Waals surface area contributed by atoms with Crippen LogP contribution in [0.4, 0.5) is 0 Å². The first-order valence-electron chi connectivity index (χ1n) is 8.90. The van der Waals surface area contributed by atoms with Crippen molar-refractivity contribution in [3.63, 3.8) is 0 Å². The fraction of sp³-hybridized carbons (Fsp3) is 0.381. The summed E-state index contributed by atoms with van der Waals surface area (Å²) in [5.74, 6) is 0.660. The lowest BCUT2D eigenvalue weighted by atomic mass is 10.0. The van der Waals surface area contributed by atoms with Crippen LogP contribution in [0.2, 0.25) is 0 Å². The lowest BCUT2D eigenvalue weighted by Crippen LogP contribution is -2.38. The van der Waals surface area contributed by atoms with Crippen molar-refractivity contribution < 1.29 is 19.7 Å². The van der Waals surface area contributed by atoms with Crippen molar-refractivity contribution in [2.24, 2.45) is 0 Å². The zero-order valence-electron chi connectivity index (χ0n) is 15.2. The standard InChI is InChI=1S/C21H25NO4/c1-15(2)26-19-8-4-6-17(12-19)16-5-3-7-18(11-16)20(24)22-10-9-21(25,13-22)14-23/h3-8,11-12,15,23,25H,9-10,13-14H2,1-2H3. The summed E-state index contributed by atoms with van der Waals surface area (Å²) in [6.45, 7) is 4.23. The summed E-state index contributed by atoms with van der Waals surface area (Å²) < 4.78 is 5.74. The van der Waals surface area contributed by atoms with Gasteiger partial charge in [0.25, 0.3) is 5.91 Å². The number of carbonyl (C=O) groups is 1. The van der Waals surface area contributed by atoms with Gasteiger partial charge >= 0.3 is 0 Å². The molecule has 1 atom stereocenters. The Labute approximate surface area is 153 Å². The molecule has 0 aromatic heterocycles. The Kier molecular flexibility index (Phi) is 5.30. The number of benzene rings is 2. The third-order valence-electron chi connectivity index (χ3n) is 4.56. The van der Waals surface area contributed by atoms with Crippen molar-refractivity contribution >= 4 is 5.91 Å². The van der Waals surface area contributed by atoms with E-state index in [-0.39, 0.29) is 25.2 Å². The Bertz CT molecular complexity index is 789. The van der Waals surface area contributed by atoms with Crippen LogP contribution in [0.25, 0.3) is 11.1 Å². The molecule has 1 aliphatic heterocycles. The topological polar surface area (TPSA) is 70.0 Å². The number of amides is 1. The monoisotopic (exact) mass is 355 g/mol. The van der Waals surface area contributed by atoms with Crippen molar-refractivity contribution in [3.8, 4) is 16.9 Å². The number of β-amino-alcohol motifs (C(OH)–C–C–N with tert-alkyl or cyclic N) is 1. The maximum Gasteiger partial charge on any atom is 0.253 e. The number of hydrogen-bond acceptors (Lipinski definition) is 4. The molecule has 0 saturated carbocycles. The summed E-state index contributed by atoms with van der Waals surface area (Å²) in [5, 5.41) is 19.4. The van der Waals surface area contributed by atoms with Crippen LogP contribution in [0.1, 0.15) is 30.6 Å². The smallest absolute Gasteiger partial charge is 0.253 e. The van der Waals surface area contributed by atoms with E-state index in [1.54, 1.807) is 11.0 Å². The molecule has 1 aliphatic rings. The molecular weight excluding hydrogens is 330 g/mol. The Morgan fingerprint density at radius 3 is 2.54 bits per heavy atom. The summed E-state index contributed by atoms with van der Waals surface area (Å²) >= 11 is 0. The zero-order chi connectivity index (χ0) is 18.7. The highest BCUT2D eigenvalue weighted by Crippen LogP contribution is 2.27. The Balaban J connectivity index is 1.82. The molecule has 5 heteroatoms. The van der Waals surface area contributed by atoms with Crippen LogP contribution >= 0.6 is 0 Å². The zero-order valence-corrected chi connectivity index (χ0v) is 15.2. The molecule has 1 fully saturated rings. The fourth-order valence-electron chi connectivity index (χ4n) is 3.19. The van der Waals surface area contributed by atoms with Gasteiger partial charge in [0.2, 0.25) is 0 Å². The van der Waals surface area contributed by atoms with Crippen molar-refractivity contribution in [1.82, 2.24) is 4.90 Å². The minimum atomic E-state index is -1.18. The van der Waals surface area contributed by atoms with E-state index in [0.717, 1.165) is 16.9 Å². The highest BCUT2D eigenvalue weighted by atomic mass is 16.5. The van der Waals surface area contributed by atoms with Gasteiger partial charge in [-0.15, -0.1) is 0 Å². The molecule has 1 amide bonds. The summed E-state index contributed by atoms with van der Waals surface area (Å²) in [5.41, 5.74) is 1.29. The predicted molar refractivity (Wildman–Crippen MR) is 100 cm³/mol. The molecule has 0 bridgehead atoms. The maximum absolute atomic E-state index is 12.8. The van der Waals surface area contributed by atoms with Crippen LogP contribution < -0.4 is 4.74 Å². The predicted octanol–water partition coefficient (Wildman–Crippen LogP) is 2.71. The second-order valence-corrected chi connectivity index (χ2v) is 7.13. The van der Waals surface area contributed by atoms with E-state index in [1.807, 2.05) is 56.3 Å². The van der Waals surface area contributed by atoms with Crippen molar-refractivity contribution in [2.75, 3.05) is 19.7 Å². The molecule has 5 nitrogen and oxygen atoms in total. The molecule has 2 aromatic rings. The molecule has 1 unspecified atom stereocenters. The van der Waals surface area contributed by atoms with Gasteiger partial charge in [0, 0.05) is 12.1 Å². The summed E-state index contributed by atoms with van der Waals surface area (Å²) in [6, 6.07) is 15.2. The molecule has 138 valence electrons. The summed E-state index contributed by atoms with van der Waals surface area (Å²) in [4.78, 5) is 14.3.